The first-order chi connectivity index (χ1) is 11.3. The Morgan fingerprint density at radius 1 is 1.39 bits per heavy atom. The number of allylic oxidation sites excluding steroid dienone is 5. The van der Waals surface area contributed by atoms with Gasteiger partial charge in [-0.15, -0.1) is 0 Å². The average molecular weight is 315 g/mol. The van der Waals surface area contributed by atoms with Crippen LogP contribution in [0.2, 0.25) is 0 Å². The maximum Gasteiger partial charge on any atom is 0.179 e. The lowest BCUT2D eigenvalue weighted by Crippen LogP contribution is -2.41. The van der Waals surface area contributed by atoms with Crippen molar-refractivity contribution in [3.05, 3.63) is 36.0 Å². The highest BCUT2D eigenvalue weighted by molar-refractivity contribution is 5.53. The quantitative estimate of drug-likeness (QED) is 0.162. The van der Waals surface area contributed by atoms with Gasteiger partial charge in [0.25, 0.3) is 0 Å². The highest BCUT2D eigenvalue weighted by atomic mass is 15.4. The summed E-state index contributed by atoms with van der Waals surface area (Å²) in [6.07, 6.45) is 19.8. The van der Waals surface area contributed by atoms with Crippen molar-refractivity contribution in [3.8, 4) is 6.19 Å². The van der Waals surface area contributed by atoms with E-state index in [1.54, 1.807) is 18.3 Å². The van der Waals surface area contributed by atoms with Crippen molar-refractivity contribution in [1.82, 2.24) is 15.8 Å². The monoisotopic (exact) mass is 315 g/mol. The van der Waals surface area contributed by atoms with Gasteiger partial charge in [0, 0.05) is 26.2 Å². The van der Waals surface area contributed by atoms with Crippen LogP contribution in [0.25, 0.3) is 0 Å². The van der Waals surface area contributed by atoms with E-state index in [0.717, 1.165) is 45.2 Å². The molecule has 1 aliphatic carbocycles. The molecule has 0 amide bonds. The molecule has 0 radical (unpaired) electrons. The molecule has 5 nitrogen and oxygen atoms in total. The summed E-state index contributed by atoms with van der Waals surface area (Å²) in [5, 5.41) is 8.74. The number of hydrogen-bond acceptors (Lipinski definition) is 4. The van der Waals surface area contributed by atoms with E-state index in [-0.39, 0.29) is 0 Å². The summed E-state index contributed by atoms with van der Waals surface area (Å²) >= 11 is 0. The largest absolute Gasteiger partial charge is 0.314 e. The van der Waals surface area contributed by atoms with Crippen LogP contribution in [0.5, 0.6) is 0 Å². The second kappa shape index (κ2) is 12.5. The molecule has 0 spiro atoms. The fraction of sp³-hybridized carbons (Fsp3) is 0.556. The van der Waals surface area contributed by atoms with Crippen LogP contribution >= 0.6 is 0 Å². The molecule has 0 aromatic rings. The number of nitriles is 1. The third kappa shape index (κ3) is 9.54. The lowest BCUT2D eigenvalue weighted by Gasteiger charge is -2.18. The Morgan fingerprint density at radius 3 is 3.00 bits per heavy atom. The molecule has 1 atom stereocenters. The van der Waals surface area contributed by atoms with Gasteiger partial charge in [0.2, 0.25) is 0 Å². The van der Waals surface area contributed by atoms with E-state index in [4.69, 9.17) is 5.26 Å². The van der Waals surface area contributed by atoms with Gasteiger partial charge in [-0.3, -0.25) is 4.99 Å². The van der Waals surface area contributed by atoms with Crippen molar-refractivity contribution in [3.63, 3.8) is 0 Å². The van der Waals surface area contributed by atoms with Gasteiger partial charge >= 0.3 is 0 Å². The minimum atomic E-state index is 0.334. The van der Waals surface area contributed by atoms with Crippen LogP contribution in [-0.4, -0.2) is 37.4 Å². The predicted octanol–water partition coefficient (Wildman–Crippen LogP) is 2.91. The molecule has 0 aromatic heterocycles. The summed E-state index contributed by atoms with van der Waals surface area (Å²) in [6, 6.07) is 0.334. The summed E-state index contributed by atoms with van der Waals surface area (Å²) in [4.78, 5) is 6.03. The number of nitrogens with one attached hydrogen (secondary N) is 2. The molecule has 0 saturated heterocycles. The molecule has 0 fully saturated rings. The van der Waals surface area contributed by atoms with E-state index in [0.29, 0.717) is 6.04 Å². The van der Waals surface area contributed by atoms with E-state index >= 15 is 0 Å². The van der Waals surface area contributed by atoms with Crippen molar-refractivity contribution in [2.24, 2.45) is 4.99 Å². The Hall–Kier alpha value is -2.06. The fourth-order valence-corrected chi connectivity index (χ4v) is 2.20. The van der Waals surface area contributed by atoms with Gasteiger partial charge in [0.1, 0.15) is 0 Å². The molecular weight excluding hydrogens is 286 g/mol. The van der Waals surface area contributed by atoms with Crippen LogP contribution in [0.1, 0.15) is 39.0 Å². The zero-order valence-corrected chi connectivity index (χ0v) is 14.3. The van der Waals surface area contributed by atoms with Crippen molar-refractivity contribution < 1.29 is 0 Å². The van der Waals surface area contributed by atoms with Crippen LogP contribution in [0.3, 0.4) is 0 Å². The first-order valence-electron chi connectivity index (χ1n) is 8.37. The van der Waals surface area contributed by atoms with E-state index < -0.39 is 0 Å². The Labute approximate surface area is 140 Å². The zero-order chi connectivity index (χ0) is 16.8. The molecule has 126 valence electrons. The van der Waals surface area contributed by atoms with Gasteiger partial charge in [-0.1, -0.05) is 42.9 Å². The smallest absolute Gasteiger partial charge is 0.179 e. The van der Waals surface area contributed by atoms with E-state index in [2.05, 4.69) is 59.3 Å². The number of aliphatic imine (C=N–C) groups is 1. The van der Waals surface area contributed by atoms with E-state index in [1.807, 2.05) is 0 Å². The van der Waals surface area contributed by atoms with Gasteiger partial charge in [0.15, 0.2) is 6.19 Å². The summed E-state index contributed by atoms with van der Waals surface area (Å²) in [5.41, 5.74) is 7.63. The maximum absolute atomic E-state index is 8.74. The Kier molecular flexibility index (Phi) is 10.3. The maximum atomic E-state index is 8.74. The Balaban J connectivity index is 2.17. The number of hydrogen-bond donors (Lipinski definition) is 2. The molecule has 0 aromatic carbocycles. The minimum absolute atomic E-state index is 0.334. The molecule has 0 bridgehead atoms. The van der Waals surface area contributed by atoms with Crippen molar-refractivity contribution in [1.29, 1.82) is 5.26 Å². The molecule has 23 heavy (non-hydrogen) atoms. The predicted molar refractivity (Wildman–Crippen MR) is 96.8 cm³/mol. The Bertz CT molecular complexity index is 470. The molecule has 1 unspecified atom stereocenters. The SMILES string of the molecule is CCC(CCN(C)C#N)NNC=NCCC1=CC/C=C\CC=C1. The van der Waals surface area contributed by atoms with E-state index in [1.165, 1.54) is 5.57 Å². The first-order valence-corrected chi connectivity index (χ1v) is 8.37. The zero-order valence-electron chi connectivity index (χ0n) is 14.3. The van der Waals surface area contributed by atoms with Crippen molar-refractivity contribution in [2.45, 2.75) is 45.1 Å². The molecule has 0 aliphatic heterocycles. The Morgan fingerprint density at radius 2 is 2.22 bits per heavy atom. The fourth-order valence-electron chi connectivity index (χ4n) is 2.20. The lowest BCUT2D eigenvalue weighted by atomic mass is 10.1. The molecule has 0 heterocycles. The number of nitrogens with zero attached hydrogens (tertiary/aromatic N) is 3. The number of hydrazine groups is 1. The van der Waals surface area contributed by atoms with Gasteiger partial charge in [-0.25, -0.2) is 5.43 Å². The van der Waals surface area contributed by atoms with Crippen LogP contribution in [0.15, 0.2) is 40.9 Å². The summed E-state index contributed by atoms with van der Waals surface area (Å²) in [7, 11) is 1.80. The average Bonchev–Trinajstić information content (AvgIpc) is 2.54. The third-order valence-corrected chi connectivity index (χ3v) is 3.74. The topological polar surface area (TPSA) is 63.5 Å². The molecule has 2 N–H and O–H groups in total. The molecule has 5 heteroatoms. The second-order valence-corrected chi connectivity index (χ2v) is 5.61. The molecule has 1 aliphatic rings. The van der Waals surface area contributed by atoms with Gasteiger partial charge < -0.3 is 10.3 Å². The molecule has 0 saturated carbocycles. The van der Waals surface area contributed by atoms with E-state index in [9.17, 15) is 0 Å². The van der Waals surface area contributed by atoms with Gasteiger partial charge in [0.05, 0.1) is 6.34 Å². The van der Waals surface area contributed by atoms with Crippen molar-refractivity contribution >= 4 is 6.34 Å². The lowest BCUT2D eigenvalue weighted by molar-refractivity contribution is 0.379. The molecular formula is C18H29N5. The van der Waals surface area contributed by atoms with Crippen molar-refractivity contribution in [2.75, 3.05) is 20.1 Å². The third-order valence-electron chi connectivity index (χ3n) is 3.74. The number of rotatable bonds is 10. The van der Waals surface area contributed by atoms with Crippen LogP contribution < -0.4 is 10.9 Å². The first kappa shape index (κ1) is 19.0. The molecule has 1 rings (SSSR count). The second-order valence-electron chi connectivity index (χ2n) is 5.61. The summed E-state index contributed by atoms with van der Waals surface area (Å²) < 4.78 is 0. The van der Waals surface area contributed by atoms with Crippen LogP contribution in [-0.2, 0) is 0 Å². The van der Waals surface area contributed by atoms with Crippen LogP contribution in [0, 0.1) is 11.5 Å². The highest BCUT2D eigenvalue weighted by Gasteiger charge is 2.05. The minimum Gasteiger partial charge on any atom is -0.314 e. The standard InChI is InChI=1S/C18H29N5/c1-3-18(12-14-23(2)15-19)22-21-16-20-13-11-17-9-7-5-4-6-8-10-17/h4-5,8-10,16,18,22H,3,6-7,11-14H2,1-2H3,(H,20,21)/b5-4-,10-8?,17-9?. The summed E-state index contributed by atoms with van der Waals surface area (Å²) in [5.74, 6) is 0. The van der Waals surface area contributed by atoms with Gasteiger partial charge in [-0.05, 0) is 32.1 Å². The van der Waals surface area contributed by atoms with Gasteiger partial charge in [-0.2, -0.15) is 5.26 Å². The normalized spacial score (nSPS) is 17.0. The summed E-state index contributed by atoms with van der Waals surface area (Å²) in [6.45, 7) is 3.67. The van der Waals surface area contributed by atoms with Crippen LogP contribution in [0.4, 0.5) is 0 Å². The highest BCUT2D eigenvalue weighted by Crippen LogP contribution is 2.09.